The first-order chi connectivity index (χ1) is 28.1. The van der Waals surface area contributed by atoms with Crippen molar-refractivity contribution >= 4 is 46.7 Å². The number of hydrogen-bond donors (Lipinski definition) is 2. The highest BCUT2D eigenvalue weighted by atomic mass is 31.2. The molecule has 0 aliphatic carbocycles. The largest absolute Gasteiger partial charge is 0.377 e. The summed E-state index contributed by atoms with van der Waals surface area (Å²) in [7, 11) is -1.05. The Morgan fingerprint density at radius 3 is 1.26 bits per heavy atom. The van der Waals surface area contributed by atoms with Crippen molar-refractivity contribution in [3.63, 3.8) is 0 Å². The quantitative estimate of drug-likeness (QED) is 0.158. The number of aliphatic imine (C=N–C) groups is 2. The van der Waals surface area contributed by atoms with E-state index in [1.54, 1.807) is 0 Å². The summed E-state index contributed by atoms with van der Waals surface area (Å²) in [6.07, 6.45) is 8.25. The summed E-state index contributed by atoms with van der Waals surface area (Å²) in [6.45, 7) is 8.33. The van der Waals surface area contributed by atoms with E-state index in [4.69, 9.17) is 19.0 Å². The molecule has 3 aliphatic rings. The van der Waals surface area contributed by atoms with Gasteiger partial charge in [0.2, 0.25) is 0 Å². The smallest absolute Gasteiger partial charge is 0.354 e. The van der Waals surface area contributed by atoms with Crippen molar-refractivity contribution in [3.8, 4) is 0 Å². The Morgan fingerprint density at radius 2 is 0.845 bits per heavy atom. The summed E-state index contributed by atoms with van der Waals surface area (Å²) in [5.41, 5.74) is 16.8. The molecule has 0 fully saturated rings. The second-order valence-corrected chi connectivity index (χ2v) is 17.2. The van der Waals surface area contributed by atoms with Crippen LogP contribution in [0.4, 0.5) is 0 Å². The predicted molar refractivity (Wildman–Crippen MR) is 237 cm³/mol. The number of aromatic amines is 2. The van der Waals surface area contributed by atoms with E-state index in [0.29, 0.717) is 22.4 Å². The molecule has 0 atom stereocenters. The van der Waals surface area contributed by atoms with E-state index in [9.17, 15) is 4.57 Å². The number of allylic oxidation sites excluding steroid dienone is 4. The van der Waals surface area contributed by atoms with Gasteiger partial charge in [-0.3, -0.25) is 4.57 Å². The standard InChI is InChI=1S/C50H43N4O3P/c1-30-7-15-34(16-8-30)46-38-29-45(54-50(38)58(55,56-5)57-6)49(37-21-13-33(4)14-22-37)44-28-27-43(53-44)48(36-19-11-32(3)12-20-36)42-26-25-41(52-42)47(40-24-23-39(46)51-40)35-17-9-31(2)10-18-35/h7-29,52,54H,1-6H3. The molecule has 0 saturated heterocycles. The monoisotopic (exact) mass is 778 g/mol. The average Bonchev–Trinajstić information content (AvgIpc) is 4.08. The van der Waals surface area contributed by atoms with Gasteiger partial charge < -0.3 is 19.0 Å². The molecule has 7 nitrogen and oxygen atoms in total. The Kier molecular flexibility index (Phi) is 9.53. The maximum atomic E-state index is 14.7. The highest BCUT2D eigenvalue weighted by Gasteiger charge is 2.35. The third kappa shape index (κ3) is 6.67. The number of fused-ring (bicyclic) bond motifs is 6. The highest BCUT2D eigenvalue weighted by molar-refractivity contribution is 7.62. The second-order valence-electron chi connectivity index (χ2n) is 15.0. The second kappa shape index (κ2) is 14.9. The normalized spacial score (nSPS) is 15.1. The van der Waals surface area contributed by atoms with E-state index >= 15 is 0 Å². The minimum atomic E-state index is -3.88. The van der Waals surface area contributed by atoms with E-state index in [2.05, 4.69) is 165 Å². The van der Waals surface area contributed by atoms with Gasteiger partial charge in [0.15, 0.2) is 0 Å². The zero-order valence-corrected chi connectivity index (χ0v) is 34.2. The Bertz CT molecular complexity index is 2980. The number of nitrogens with one attached hydrogen (secondary N) is 2. The van der Waals surface area contributed by atoms with Crippen molar-refractivity contribution < 1.29 is 13.6 Å². The molecule has 3 aliphatic heterocycles. The molecule has 58 heavy (non-hydrogen) atoms. The van der Waals surface area contributed by atoms with Crippen molar-refractivity contribution in [1.29, 1.82) is 0 Å². The lowest BCUT2D eigenvalue weighted by atomic mass is 9.95. The Labute approximate surface area is 338 Å². The molecule has 8 heteroatoms. The van der Waals surface area contributed by atoms with Gasteiger partial charge in [0, 0.05) is 58.5 Å². The summed E-state index contributed by atoms with van der Waals surface area (Å²) in [5.74, 6) is 0. The van der Waals surface area contributed by atoms with Crippen LogP contribution in [0.15, 0.2) is 161 Å². The molecule has 0 unspecified atom stereocenters. The fourth-order valence-corrected chi connectivity index (χ4v) is 9.10. The van der Waals surface area contributed by atoms with Gasteiger partial charge in [-0.1, -0.05) is 119 Å². The molecule has 9 rings (SSSR count). The topological polar surface area (TPSA) is 91.8 Å². The first-order valence-electron chi connectivity index (χ1n) is 19.3. The highest BCUT2D eigenvalue weighted by Crippen LogP contribution is 2.49. The maximum absolute atomic E-state index is 14.7. The van der Waals surface area contributed by atoms with E-state index in [-0.39, 0.29) is 0 Å². The molecule has 2 aromatic heterocycles. The first-order valence-corrected chi connectivity index (χ1v) is 20.9. The number of aryl methyl sites for hydroxylation is 4. The van der Waals surface area contributed by atoms with Gasteiger partial charge in [-0.05, 0) is 92.5 Å². The number of H-pyrrole nitrogens is 2. The lowest BCUT2D eigenvalue weighted by molar-refractivity contribution is 0.286. The van der Waals surface area contributed by atoms with Gasteiger partial charge in [-0.15, -0.1) is 0 Å². The number of rotatable bonds is 7. The summed E-state index contributed by atoms with van der Waals surface area (Å²) < 4.78 is 26.2. The lowest BCUT2D eigenvalue weighted by Crippen LogP contribution is -2.21. The van der Waals surface area contributed by atoms with Crippen LogP contribution in [0.5, 0.6) is 0 Å². The third-order valence-electron chi connectivity index (χ3n) is 11.0. The predicted octanol–water partition coefficient (Wildman–Crippen LogP) is 9.34. The van der Waals surface area contributed by atoms with E-state index in [0.717, 1.165) is 83.5 Å². The van der Waals surface area contributed by atoms with Gasteiger partial charge in [0.25, 0.3) is 0 Å². The van der Waals surface area contributed by atoms with Crippen LogP contribution >= 0.6 is 7.60 Å². The fraction of sp³-hybridized carbons (Fsp3) is 0.120. The van der Waals surface area contributed by atoms with Crippen molar-refractivity contribution in [2.75, 3.05) is 14.2 Å². The molecule has 2 N–H and O–H groups in total. The van der Waals surface area contributed by atoms with Crippen molar-refractivity contribution in [2.24, 2.45) is 9.98 Å². The molecule has 4 aromatic carbocycles. The number of benzene rings is 4. The maximum Gasteiger partial charge on any atom is 0.377 e. The van der Waals surface area contributed by atoms with Crippen LogP contribution in [0.1, 0.15) is 55.8 Å². The van der Waals surface area contributed by atoms with Crippen LogP contribution in [0.2, 0.25) is 0 Å². The molecule has 0 spiro atoms. The van der Waals surface area contributed by atoms with Crippen LogP contribution in [-0.2, 0) is 13.6 Å². The lowest BCUT2D eigenvalue weighted by Gasteiger charge is -2.17. The Hall–Kier alpha value is -6.37. The molecule has 6 aromatic rings. The Balaban J connectivity index is 1.47. The van der Waals surface area contributed by atoms with Gasteiger partial charge in [-0.2, -0.15) is 0 Å². The van der Waals surface area contributed by atoms with Crippen LogP contribution in [0.3, 0.4) is 0 Å². The van der Waals surface area contributed by atoms with Crippen LogP contribution in [0, 0.1) is 27.7 Å². The Morgan fingerprint density at radius 1 is 0.466 bits per heavy atom. The van der Waals surface area contributed by atoms with Gasteiger partial charge in [-0.25, -0.2) is 9.98 Å². The summed E-state index contributed by atoms with van der Waals surface area (Å²) in [5, 5.41) is 1.85. The van der Waals surface area contributed by atoms with Crippen molar-refractivity contribution in [3.05, 3.63) is 217 Å². The summed E-state index contributed by atoms with van der Waals surface area (Å²) in [6, 6.07) is 40.1. The van der Waals surface area contributed by atoms with Crippen molar-refractivity contribution in [2.45, 2.75) is 27.7 Å². The first kappa shape index (κ1) is 37.2. The van der Waals surface area contributed by atoms with E-state index < -0.39 is 7.60 Å². The number of aromatic nitrogens is 2. The molecule has 8 bridgehead atoms. The zero-order valence-electron chi connectivity index (χ0n) is 33.3. The SMILES string of the molecule is COP(=O)(OC)c1[nH]c2cc1C(c1ccc(C)cc1)=C1C=CC(=N1)C(c1ccc(C)cc1)=c1ccc([nH]1)=C(c1ccc(C)cc1)C1=NC(=C2c2ccc(C)cc2)C=C1. The third-order valence-corrected chi connectivity index (χ3v) is 12.8. The molecule has 286 valence electrons. The molecule has 0 radical (unpaired) electrons. The minimum Gasteiger partial charge on any atom is -0.354 e. The average molecular weight is 779 g/mol. The van der Waals surface area contributed by atoms with Crippen LogP contribution < -0.4 is 16.1 Å². The van der Waals surface area contributed by atoms with Crippen molar-refractivity contribution in [1.82, 2.24) is 9.97 Å². The van der Waals surface area contributed by atoms with E-state index in [1.165, 1.54) is 25.3 Å². The zero-order chi connectivity index (χ0) is 40.1. The minimum absolute atomic E-state index is 0.330. The summed E-state index contributed by atoms with van der Waals surface area (Å²) >= 11 is 0. The van der Waals surface area contributed by atoms with Gasteiger partial charge in [0.05, 0.1) is 22.8 Å². The molecule has 0 saturated carbocycles. The number of hydrogen-bond acceptors (Lipinski definition) is 5. The van der Waals surface area contributed by atoms with Crippen LogP contribution in [-0.4, -0.2) is 35.6 Å². The van der Waals surface area contributed by atoms with E-state index in [1.807, 2.05) is 12.1 Å². The molecule has 5 heterocycles. The molecule has 0 amide bonds. The summed E-state index contributed by atoms with van der Waals surface area (Å²) in [4.78, 5) is 18.2. The number of nitrogens with zero attached hydrogens (tertiary/aromatic N) is 2. The van der Waals surface area contributed by atoms with Crippen LogP contribution in [0.25, 0.3) is 22.3 Å². The molecular formula is C50H43N4O3P. The fourth-order valence-electron chi connectivity index (χ4n) is 7.86. The molecular weight excluding hydrogens is 736 g/mol. The van der Waals surface area contributed by atoms with Gasteiger partial charge >= 0.3 is 7.60 Å². The van der Waals surface area contributed by atoms with Gasteiger partial charge in [0.1, 0.15) is 5.44 Å².